The van der Waals surface area contributed by atoms with Crippen LogP contribution in [-0.2, 0) is 10.1 Å². The standard InChI is InChI=1S/C12H26O4S/c1-3-12(17(14,15)16)10-8-6-4-5-7-9-11(2)13/h11-13H,3-10H2,1-2H3,(H,14,15,16). The van der Waals surface area contributed by atoms with Crippen LogP contribution < -0.4 is 0 Å². The molecule has 0 spiro atoms. The molecule has 0 aliphatic carbocycles. The smallest absolute Gasteiger partial charge is 0.267 e. The monoisotopic (exact) mass is 266 g/mol. The lowest BCUT2D eigenvalue weighted by atomic mass is 10.1. The Kier molecular flexibility index (Phi) is 8.82. The van der Waals surface area contributed by atoms with Gasteiger partial charge in [-0.3, -0.25) is 4.55 Å². The average Bonchev–Trinajstić information content (AvgIpc) is 2.19. The van der Waals surface area contributed by atoms with E-state index in [1.807, 2.05) is 0 Å². The average molecular weight is 266 g/mol. The molecule has 5 heteroatoms. The van der Waals surface area contributed by atoms with Crippen molar-refractivity contribution in [2.75, 3.05) is 0 Å². The zero-order chi connectivity index (χ0) is 13.3. The first kappa shape index (κ1) is 16.9. The Labute approximate surface area is 105 Å². The maximum Gasteiger partial charge on any atom is 0.267 e. The summed E-state index contributed by atoms with van der Waals surface area (Å²) < 4.78 is 30.8. The van der Waals surface area contributed by atoms with Gasteiger partial charge in [0.2, 0.25) is 0 Å². The van der Waals surface area contributed by atoms with E-state index in [2.05, 4.69) is 0 Å². The summed E-state index contributed by atoms with van der Waals surface area (Å²) in [6.07, 6.45) is 6.63. The van der Waals surface area contributed by atoms with E-state index in [1.165, 1.54) is 0 Å². The number of unbranched alkanes of at least 4 members (excludes halogenated alkanes) is 4. The molecule has 2 N–H and O–H groups in total. The Balaban J connectivity index is 3.51. The predicted octanol–water partition coefficient (Wildman–Crippen LogP) is 2.76. The minimum Gasteiger partial charge on any atom is -0.393 e. The van der Waals surface area contributed by atoms with Crippen molar-refractivity contribution in [1.82, 2.24) is 0 Å². The van der Waals surface area contributed by atoms with Crippen molar-refractivity contribution in [3.63, 3.8) is 0 Å². The van der Waals surface area contributed by atoms with E-state index in [4.69, 9.17) is 9.66 Å². The maximum atomic E-state index is 10.9. The molecule has 0 amide bonds. The predicted molar refractivity (Wildman–Crippen MR) is 69.6 cm³/mol. The molecule has 0 saturated carbocycles. The van der Waals surface area contributed by atoms with Gasteiger partial charge < -0.3 is 5.11 Å². The highest BCUT2D eigenvalue weighted by Gasteiger charge is 2.19. The van der Waals surface area contributed by atoms with E-state index < -0.39 is 15.4 Å². The van der Waals surface area contributed by atoms with Crippen molar-refractivity contribution in [3.8, 4) is 0 Å². The summed E-state index contributed by atoms with van der Waals surface area (Å²) in [5, 5.41) is 8.46. The molecule has 0 aromatic heterocycles. The number of hydrogen-bond donors (Lipinski definition) is 2. The van der Waals surface area contributed by atoms with Gasteiger partial charge in [0.1, 0.15) is 0 Å². The summed E-state index contributed by atoms with van der Waals surface area (Å²) >= 11 is 0. The zero-order valence-electron chi connectivity index (χ0n) is 10.9. The molecule has 0 fully saturated rings. The molecule has 0 saturated heterocycles. The minimum atomic E-state index is -3.86. The van der Waals surface area contributed by atoms with Gasteiger partial charge in [0.15, 0.2) is 0 Å². The molecule has 4 nitrogen and oxygen atoms in total. The van der Waals surface area contributed by atoms with E-state index in [9.17, 15) is 8.42 Å². The van der Waals surface area contributed by atoms with Crippen LogP contribution in [0.3, 0.4) is 0 Å². The number of rotatable bonds is 10. The van der Waals surface area contributed by atoms with Gasteiger partial charge in [0.05, 0.1) is 11.4 Å². The van der Waals surface area contributed by atoms with Crippen molar-refractivity contribution in [1.29, 1.82) is 0 Å². The number of hydrogen-bond acceptors (Lipinski definition) is 3. The molecular weight excluding hydrogens is 240 g/mol. The lowest BCUT2D eigenvalue weighted by molar-refractivity contribution is 0.180. The molecule has 2 unspecified atom stereocenters. The second kappa shape index (κ2) is 8.89. The van der Waals surface area contributed by atoms with Crippen LogP contribution in [0.1, 0.15) is 65.2 Å². The Morgan fingerprint density at radius 3 is 1.88 bits per heavy atom. The Hall–Kier alpha value is -0.130. The van der Waals surface area contributed by atoms with Gasteiger partial charge in [0.25, 0.3) is 10.1 Å². The van der Waals surface area contributed by atoms with Crippen LogP contribution in [0.2, 0.25) is 0 Å². The SMILES string of the molecule is CCC(CCCCCCCC(C)O)S(=O)(=O)O. The van der Waals surface area contributed by atoms with Crippen LogP contribution in [0.4, 0.5) is 0 Å². The second-order valence-corrected chi connectivity index (χ2v) is 6.44. The van der Waals surface area contributed by atoms with Crippen molar-refractivity contribution in [2.45, 2.75) is 76.6 Å². The number of aliphatic hydroxyl groups is 1. The molecule has 0 aromatic carbocycles. The third-order valence-corrected chi connectivity index (χ3v) is 4.44. The highest BCUT2D eigenvalue weighted by Crippen LogP contribution is 2.15. The van der Waals surface area contributed by atoms with Crippen molar-refractivity contribution < 1.29 is 18.1 Å². The Morgan fingerprint density at radius 1 is 1.00 bits per heavy atom. The third kappa shape index (κ3) is 9.56. The van der Waals surface area contributed by atoms with Gasteiger partial charge in [-0.25, -0.2) is 0 Å². The second-order valence-electron chi connectivity index (χ2n) is 4.74. The summed E-state index contributed by atoms with van der Waals surface area (Å²) in [6, 6.07) is 0. The van der Waals surface area contributed by atoms with Gasteiger partial charge >= 0.3 is 0 Å². The van der Waals surface area contributed by atoms with E-state index in [1.54, 1.807) is 13.8 Å². The molecule has 0 aliphatic rings. The zero-order valence-corrected chi connectivity index (χ0v) is 11.7. The Bertz CT molecular complexity index is 272. The maximum absolute atomic E-state index is 10.9. The van der Waals surface area contributed by atoms with E-state index in [0.29, 0.717) is 12.8 Å². The topological polar surface area (TPSA) is 74.6 Å². The summed E-state index contributed by atoms with van der Waals surface area (Å²) in [5.41, 5.74) is 0. The quantitative estimate of drug-likeness (QED) is 0.471. The molecule has 104 valence electrons. The van der Waals surface area contributed by atoms with Gasteiger partial charge in [-0.05, 0) is 26.2 Å². The lowest BCUT2D eigenvalue weighted by Crippen LogP contribution is -2.19. The van der Waals surface area contributed by atoms with Crippen LogP contribution in [0, 0.1) is 0 Å². The first-order valence-corrected chi connectivity index (χ1v) is 8.02. The summed E-state index contributed by atoms with van der Waals surface area (Å²) in [4.78, 5) is 0. The van der Waals surface area contributed by atoms with Gasteiger partial charge in [0, 0.05) is 0 Å². The molecule has 0 rings (SSSR count). The molecule has 0 aromatic rings. The van der Waals surface area contributed by atoms with E-state index in [0.717, 1.165) is 38.5 Å². The van der Waals surface area contributed by atoms with Crippen molar-refractivity contribution in [2.24, 2.45) is 0 Å². The minimum absolute atomic E-state index is 0.223. The molecule has 0 aliphatic heterocycles. The molecule has 2 atom stereocenters. The van der Waals surface area contributed by atoms with E-state index in [-0.39, 0.29) is 6.10 Å². The summed E-state index contributed by atoms with van der Waals surface area (Å²) in [5.74, 6) is 0. The van der Waals surface area contributed by atoms with Crippen LogP contribution in [0.15, 0.2) is 0 Å². The van der Waals surface area contributed by atoms with Crippen LogP contribution in [-0.4, -0.2) is 29.4 Å². The van der Waals surface area contributed by atoms with Gasteiger partial charge in [-0.15, -0.1) is 0 Å². The molecule has 0 bridgehead atoms. The summed E-state index contributed by atoms with van der Waals surface area (Å²) in [6.45, 7) is 3.57. The van der Waals surface area contributed by atoms with Crippen LogP contribution >= 0.6 is 0 Å². The van der Waals surface area contributed by atoms with Crippen LogP contribution in [0.5, 0.6) is 0 Å². The fourth-order valence-electron chi connectivity index (χ4n) is 1.91. The van der Waals surface area contributed by atoms with Crippen molar-refractivity contribution >= 4 is 10.1 Å². The molecule has 0 heterocycles. The molecular formula is C12H26O4S. The summed E-state index contributed by atoms with van der Waals surface area (Å²) in [7, 11) is -3.86. The highest BCUT2D eigenvalue weighted by molar-refractivity contribution is 7.86. The highest BCUT2D eigenvalue weighted by atomic mass is 32.2. The first-order chi connectivity index (χ1) is 7.88. The van der Waals surface area contributed by atoms with Gasteiger partial charge in [-0.2, -0.15) is 8.42 Å². The molecule has 0 radical (unpaired) electrons. The molecule has 17 heavy (non-hydrogen) atoms. The van der Waals surface area contributed by atoms with Crippen LogP contribution in [0.25, 0.3) is 0 Å². The van der Waals surface area contributed by atoms with Gasteiger partial charge in [-0.1, -0.05) is 39.0 Å². The normalized spacial score (nSPS) is 15.8. The number of aliphatic hydroxyl groups excluding tert-OH is 1. The fraction of sp³-hybridized carbons (Fsp3) is 1.00. The van der Waals surface area contributed by atoms with Crippen molar-refractivity contribution in [3.05, 3.63) is 0 Å². The lowest BCUT2D eigenvalue weighted by Gasteiger charge is -2.10. The third-order valence-electron chi connectivity index (χ3n) is 3.02. The first-order valence-electron chi connectivity index (χ1n) is 6.52. The van der Waals surface area contributed by atoms with E-state index >= 15 is 0 Å². The largest absolute Gasteiger partial charge is 0.393 e. The Morgan fingerprint density at radius 2 is 1.47 bits per heavy atom. The fourth-order valence-corrected chi connectivity index (χ4v) is 2.79.